The minimum Gasteiger partial charge on any atom is -0.373 e. The fraction of sp³-hybridized carbons (Fsp3) is 0.208. The Morgan fingerprint density at radius 3 is 2.30 bits per heavy atom. The van der Waals surface area contributed by atoms with E-state index in [1.54, 1.807) is 0 Å². The van der Waals surface area contributed by atoms with Crippen molar-refractivity contribution in [1.29, 1.82) is 0 Å². The molecule has 2 atom stereocenters. The highest BCUT2D eigenvalue weighted by molar-refractivity contribution is 6.31. The van der Waals surface area contributed by atoms with Gasteiger partial charge in [-0.1, -0.05) is 86.1 Å². The quantitative estimate of drug-likeness (QED) is 0.533. The number of rotatable bonds is 3. The van der Waals surface area contributed by atoms with Gasteiger partial charge in [-0.25, -0.2) is 0 Å². The second-order valence-electron chi connectivity index (χ2n) is 7.06. The maximum Gasteiger partial charge on any atom is 0.0865 e. The van der Waals surface area contributed by atoms with Crippen molar-refractivity contribution >= 4 is 28.7 Å². The van der Waals surface area contributed by atoms with E-state index < -0.39 is 0 Å². The molecule has 0 amide bonds. The minimum absolute atomic E-state index is 0.165. The molecule has 27 heavy (non-hydrogen) atoms. The summed E-state index contributed by atoms with van der Waals surface area (Å²) in [5.74, 6) is 0.165. The molecule has 2 unspecified atom stereocenters. The fourth-order valence-electron chi connectivity index (χ4n) is 4.09. The number of hydrogen-bond acceptors (Lipinski definition) is 2. The van der Waals surface area contributed by atoms with Crippen LogP contribution in [0.1, 0.15) is 31.4 Å². The maximum atomic E-state index is 6.31. The van der Waals surface area contributed by atoms with Crippen LogP contribution in [0.25, 0.3) is 0 Å². The van der Waals surface area contributed by atoms with Crippen molar-refractivity contribution in [3.05, 3.63) is 95.0 Å². The lowest BCUT2D eigenvalue weighted by atomic mass is 9.73. The van der Waals surface area contributed by atoms with Gasteiger partial charge in [0.05, 0.1) is 22.6 Å². The summed E-state index contributed by atoms with van der Waals surface area (Å²) < 4.78 is 0. The number of aliphatic imine (C=N–C) groups is 1. The van der Waals surface area contributed by atoms with Gasteiger partial charge in [0, 0.05) is 10.9 Å². The van der Waals surface area contributed by atoms with Crippen molar-refractivity contribution in [2.24, 2.45) is 10.9 Å². The van der Waals surface area contributed by atoms with Gasteiger partial charge in [0.2, 0.25) is 0 Å². The van der Waals surface area contributed by atoms with Crippen molar-refractivity contribution in [2.45, 2.75) is 25.8 Å². The van der Waals surface area contributed by atoms with Crippen molar-refractivity contribution in [1.82, 2.24) is 0 Å². The average Bonchev–Trinajstić information content (AvgIpc) is 2.84. The number of hydrogen-bond donors (Lipinski definition) is 1. The lowest BCUT2D eigenvalue weighted by Crippen LogP contribution is -2.44. The van der Waals surface area contributed by atoms with Crippen LogP contribution in [0.3, 0.4) is 0 Å². The molecule has 0 aliphatic carbocycles. The first kappa shape index (κ1) is 17.8. The van der Waals surface area contributed by atoms with Crippen LogP contribution >= 0.6 is 11.6 Å². The molecule has 2 nitrogen and oxygen atoms in total. The molecular weight excluding hydrogens is 352 g/mol. The Morgan fingerprint density at radius 2 is 1.63 bits per heavy atom. The molecule has 1 aliphatic heterocycles. The number of benzene rings is 3. The van der Waals surface area contributed by atoms with E-state index in [-0.39, 0.29) is 11.5 Å². The predicted molar refractivity (Wildman–Crippen MR) is 115 cm³/mol. The van der Waals surface area contributed by atoms with Gasteiger partial charge in [-0.15, -0.1) is 0 Å². The van der Waals surface area contributed by atoms with Gasteiger partial charge in [0.15, 0.2) is 0 Å². The molecule has 4 rings (SSSR count). The van der Waals surface area contributed by atoms with Crippen molar-refractivity contribution in [2.75, 3.05) is 5.32 Å². The summed E-state index contributed by atoms with van der Waals surface area (Å²) in [6.45, 7) is 4.50. The van der Waals surface area contributed by atoms with Gasteiger partial charge in [0.25, 0.3) is 0 Å². The smallest absolute Gasteiger partial charge is 0.0865 e. The molecule has 0 bridgehead atoms. The Bertz CT molecular complexity index is 966. The molecule has 3 aromatic carbocycles. The standard InChI is InChI=1S/C24H23ClN2/c1-3-24(19-12-8-5-9-13-19)17(2)23(18-10-6-4-7-11-18)26-21-15-14-20(25)16-22(21)27-24/h4-17,27H,3H2,1-2H3. The van der Waals surface area contributed by atoms with Crippen LogP contribution in [0.15, 0.2) is 83.9 Å². The average molecular weight is 375 g/mol. The number of nitrogens with one attached hydrogen (secondary N) is 1. The molecule has 1 N–H and O–H groups in total. The largest absolute Gasteiger partial charge is 0.373 e. The summed E-state index contributed by atoms with van der Waals surface area (Å²) in [6, 6.07) is 27.0. The molecule has 0 spiro atoms. The highest BCUT2D eigenvalue weighted by Gasteiger charge is 2.41. The number of halogens is 1. The molecule has 3 aromatic rings. The van der Waals surface area contributed by atoms with Crippen LogP contribution < -0.4 is 5.32 Å². The first-order chi connectivity index (χ1) is 13.1. The van der Waals surface area contributed by atoms with E-state index >= 15 is 0 Å². The molecule has 136 valence electrons. The predicted octanol–water partition coefficient (Wildman–Crippen LogP) is 6.83. The zero-order chi connectivity index (χ0) is 18.9. The van der Waals surface area contributed by atoms with Crippen LogP contribution in [0, 0.1) is 5.92 Å². The number of fused-ring (bicyclic) bond motifs is 1. The lowest BCUT2D eigenvalue weighted by molar-refractivity contribution is 0.393. The molecule has 0 fully saturated rings. The first-order valence-electron chi connectivity index (χ1n) is 9.41. The normalized spacial score (nSPS) is 21.6. The second kappa shape index (κ2) is 7.21. The zero-order valence-corrected chi connectivity index (χ0v) is 16.4. The van der Waals surface area contributed by atoms with E-state index in [4.69, 9.17) is 16.6 Å². The van der Waals surface area contributed by atoms with E-state index in [1.165, 1.54) is 5.56 Å². The first-order valence-corrected chi connectivity index (χ1v) is 9.79. The Kier molecular flexibility index (Phi) is 4.75. The van der Waals surface area contributed by atoms with E-state index in [0.29, 0.717) is 5.02 Å². The zero-order valence-electron chi connectivity index (χ0n) is 15.6. The second-order valence-corrected chi connectivity index (χ2v) is 7.50. The summed E-state index contributed by atoms with van der Waals surface area (Å²) in [4.78, 5) is 5.10. The molecule has 0 saturated carbocycles. The van der Waals surface area contributed by atoms with E-state index in [2.05, 4.69) is 73.8 Å². The third-order valence-electron chi connectivity index (χ3n) is 5.62. The third kappa shape index (κ3) is 3.15. The van der Waals surface area contributed by atoms with Crippen molar-refractivity contribution < 1.29 is 0 Å². The molecule has 0 aromatic heterocycles. The van der Waals surface area contributed by atoms with Crippen molar-refractivity contribution in [3.63, 3.8) is 0 Å². The molecule has 0 radical (unpaired) electrons. The molecular formula is C24H23ClN2. The van der Waals surface area contributed by atoms with Gasteiger partial charge >= 0.3 is 0 Å². The topological polar surface area (TPSA) is 24.4 Å². The van der Waals surface area contributed by atoms with Crippen LogP contribution in [0.4, 0.5) is 11.4 Å². The summed E-state index contributed by atoms with van der Waals surface area (Å²) in [5, 5.41) is 4.54. The van der Waals surface area contributed by atoms with E-state index in [9.17, 15) is 0 Å². The van der Waals surface area contributed by atoms with Gasteiger partial charge < -0.3 is 5.32 Å². The maximum absolute atomic E-state index is 6.31. The lowest BCUT2D eigenvalue weighted by Gasteiger charge is -2.40. The third-order valence-corrected chi connectivity index (χ3v) is 5.86. The summed E-state index contributed by atoms with van der Waals surface area (Å²) >= 11 is 6.31. The van der Waals surface area contributed by atoms with Crippen LogP contribution in [-0.2, 0) is 5.54 Å². The monoisotopic (exact) mass is 374 g/mol. The molecule has 0 saturated heterocycles. The summed E-state index contributed by atoms with van der Waals surface area (Å²) in [5.41, 5.74) is 5.14. The highest BCUT2D eigenvalue weighted by atomic mass is 35.5. The van der Waals surface area contributed by atoms with Crippen LogP contribution in [0.5, 0.6) is 0 Å². The molecule has 3 heteroatoms. The van der Waals surface area contributed by atoms with Gasteiger partial charge in [-0.2, -0.15) is 0 Å². The molecule has 1 aliphatic rings. The van der Waals surface area contributed by atoms with Gasteiger partial charge in [-0.3, -0.25) is 4.99 Å². The Hall–Kier alpha value is -2.58. The van der Waals surface area contributed by atoms with Gasteiger partial charge in [-0.05, 0) is 35.7 Å². The van der Waals surface area contributed by atoms with Crippen molar-refractivity contribution in [3.8, 4) is 0 Å². The van der Waals surface area contributed by atoms with Gasteiger partial charge in [0.1, 0.15) is 0 Å². The van der Waals surface area contributed by atoms with E-state index in [1.807, 2.05) is 24.3 Å². The number of anilines is 1. The van der Waals surface area contributed by atoms with Crippen LogP contribution in [-0.4, -0.2) is 5.71 Å². The molecule has 1 heterocycles. The Balaban J connectivity index is 1.98. The summed E-state index contributed by atoms with van der Waals surface area (Å²) in [7, 11) is 0. The highest BCUT2D eigenvalue weighted by Crippen LogP contribution is 2.45. The summed E-state index contributed by atoms with van der Waals surface area (Å²) in [6.07, 6.45) is 0.927. The van der Waals surface area contributed by atoms with Crippen LogP contribution in [0.2, 0.25) is 5.02 Å². The fourth-order valence-corrected chi connectivity index (χ4v) is 4.27. The Labute approximate surface area is 165 Å². The van der Waals surface area contributed by atoms with E-state index in [0.717, 1.165) is 29.1 Å². The minimum atomic E-state index is -0.272. The SMILES string of the molecule is CCC1(c2ccccc2)Nc2cc(Cl)ccc2N=C(c2ccccc2)C1C. The number of nitrogens with zero attached hydrogens (tertiary/aromatic N) is 1. The Morgan fingerprint density at radius 1 is 0.963 bits per heavy atom.